The first-order valence-corrected chi connectivity index (χ1v) is 7.24. The van der Waals surface area contributed by atoms with Crippen LogP contribution in [0.25, 0.3) is 0 Å². The third-order valence-electron chi connectivity index (χ3n) is 2.48. The topological polar surface area (TPSA) is 75.4 Å². The van der Waals surface area contributed by atoms with Crippen molar-refractivity contribution in [1.29, 1.82) is 0 Å². The number of likely N-dealkylation sites (N-methyl/N-ethyl adjacent to an activating group) is 1. The maximum absolute atomic E-state index is 12.2. The van der Waals surface area contributed by atoms with E-state index in [1.165, 1.54) is 21.4 Å². The predicted octanol–water partition coefficient (Wildman–Crippen LogP) is 0.462. The molecular weight excluding hydrogens is 254 g/mol. The van der Waals surface area contributed by atoms with Gasteiger partial charge in [-0.2, -0.15) is 9.40 Å². The Hall–Kier alpha value is -1.18. The highest BCUT2D eigenvalue weighted by atomic mass is 32.2. The molecule has 102 valence electrons. The van der Waals surface area contributed by atoms with E-state index >= 15 is 0 Å². The van der Waals surface area contributed by atoms with Crippen LogP contribution >= 0.6 is 0 Å². The summed E-state index contributed by atoms with van der Waals surface area (Å²) in [4.78, 5) is 0.170. The Morgan fingerprint density at radius 2 is 2.33 bits per heavy atom. The second-order valence-electron chi connectivity index (χ2n) is 3.76. The quantitative estimate of drug-likeness (QED) is 0.698. The van der Waals surface area contributed by atoms with Crippen LogP contribution in [-0.2, 0) is 16.6 Å². The van der Waals surface area contributed by atoms with Crippen LogP contribution in [0.5, 0.6) is 0 Å². The van der Waals surface area contributed by atoms with Gasteiger partial charge in [-0.1, -0.05) is 13.0 Å². The van der Waals surface area contributed by atoms with E-state index in [2.05, 4.69) is 11.7 Å². The van der Waals surface area contributed by atoms with E-state index < -0.39 is 10.0 Å². The van der Waals surface area contributed by atoms with E-state index in [0.29, 0.717) is 19.5 Å². The highest BCUT2D eigenvalue weighted by molar-refractivity contribution is 7.89. The lowest BCUT2D eigenvalue weighted by atomic mass is 10.5. The smallest absolute Gasteiger partial charge is 0.246 e. The molecule has 18 heavy (non-hydrogen) atoms. The maximum Gasteiger partial charge on any atom is 0.246 e. The van der Waals surface area contributed by atoms with Crippen LogP contribution in [0.4, 0.5) is 0 Å². The molecule has 7 heteroatoms. The van der Waals surface area contributed by atoms with Crippen molar-refractivity contribution < 1.29 is 13.5 Å². The molecule has 0 atom stereocenters. The molecule has 6 nitrogen and oxygen atoms in total. The summed E-state index contributed by atoms with van der Waals surface area (Å²) in [5.74, 6) is 0. The molecule has 0 aliphatic heterocycles. The highest BCUT2D eigenvalue weighted by Crippen LogP contribution is 2.14. The Kier molecular flexibility index (Phi) is 5.52. The summed E-state index contributed by atoms with van der Waals surface area (Å²) in [5.41, 5.74) is 0. The summed E-state index contributed by atoms with van der Waals surface area (Å²) < 4.78 is 27.3. The Bertz CT molecular complexity index is 481. The lowest BCUT2D eigenvalue weighted by Gasteiger charge is -2.17. The number of aromatic nitrogens is 2. The summed E-state index contributed by atoms with van der Waals surface area (Å²) in [7, 11) is -3.50. The van der Waals surface area contributed by atoms with E-state index in [9.17, 15) is 8.42 Å². The number of aliphatic hydroxyl groups excluding tert-OH is 1. The zero-order valence-corrected chi connectivity index (χ0v) is 11.3. The fraction of sp³-hybridized carbons (Fsp3) is 0.545. The normalized spacial score (nSPS) is 11.9. The number of aryl methyl sites for hydroxylation is 1. The van der Waals surface area contributed by atoms with Crippen LogP contribution in [0.2, 0.25) is 0 Å². The largest absolute Gasteiger partial charge is 0.396 e. The lowest BCUT2D eigenvalue weighted by molar-refractivity contribution is 0.277. The van der Waals surface area contributed by atoms with Gasteiger partial charge in [-0.25, -0.2) is 8.42 Å². The summed E-state index contributed by atoms with van der Waals surface area (Å²) in [6.07, 6.45) is 4.91. The molecule has 1 aromatic heterocycles. The predicted molar refractivity (Wildman–Crippen MR) is 68.6 cm³/mol. The number of nitrogens with zero attached hydrogens (tertiary/aromatic N) is 3. The second-order valence-corrected chi connectivity index (χ2v) is 5.70. The molecule has 0 saturated carbocycles. The van der Waals surface area contributed by atoms with Crippen LogP contribution in [0, 0.1) is 0 Å². The number of aliphatic hydroxyl groups is 1. The van der Waals surface area contributed by atoms with Crippen LogP contribution in [0.3, 0.4) is 0 Å². The van der Waals surface area contributed by atoms with Crippen LogP contribution in [0.15, 0.2) is 29.9 Å². The van der Waals surface area contributed by atoms with E-state index in [4.69, 9.17) is 5.11 Å². The zero-order chi connectivity index (χ0) is 13.6. The van der Waals surface area contributed by atoms with Crippen LogP contribution in [-0.4, -0.2) is 47.3 Å². The van der Waals surface area contributed by atoms with Crippen molar-refractivity contribution in [2.45, 2.75) is 24.8 Å². The minimum Gasteiger partial charge on any atom is -0.396 e. The van der Waals surface area contributed by atoms with Gasteiger partial charge in [0.05, 0.1) is 6.20 Å². The van der Waals surface area contributed by atoms with Gasteiger partial charge in [0.15, 0.2) is 0 Å². The Balaban J connectivity index is 2.90. The van der Waals surface area contributed by atoms with Crippen molar-refractivity contribution in [2.24, 2.45) is 0 Å². The van der Waals surface area contributed by atoms with Crippen molar-refractivity contribution in [3.63, 3.8) is 0 Å². The molecule has 0 radical (unpaired) electrons. The molecule has 0 aromatic carbocycles. The molecule has 0 amide bonds. The average molecular weight is 273 g/mol. The first-order chi connectivity index (χ1) is 8.56. The zero-order valence-electron chi connectivity index (χ0n) is 10.5. The first-order valence-electron chi connectivity index (χ1n) is 5.80. The van der Waals surface area contributed by atoms with Gasteiger partial charge in [0.25, 0.3) is 0 Å². The van der Waals surface area contributed by atoms with E-state index in [1.54, 1.807) is 13.0 Å². The van der Waals surface area contributed by atoms with Crippen molar-refractivity contribution >= 4 is 10.0 Å². The molecule has 1 heterocycles. The molecule has 0 saturated heterocycles. The van der Waals surface area contributed by atoms with Gasteiger partial charge in [-0.15, -0.1) is 6.58 Å². The highest BCUT2D eigenvalue weighted by Gasteiger charge is 2.23. The minimum absolute atomic E-state index is 0.0551. The standard InChI is InChI=1S/C11H19N3O3S/c1-3-6-14(4-2)18(16,17)11-9-12-13(10-11)7-5-8-15/h3,9-10,15H,1,4-8H2,2H3. The van der Waals surface area contributed by atoms with Crippen LogP contribution in [0.1, 0.15) is 13.3 Å². The van der Waals surface area contributed by atoms with Crippen molar-refractivity contribution in [1.82, 2.24) is 14.1 Å². The van der Waals surface area contributed by atoms with E-state index in [0.717, 1.165) is 0 Å². The summed E-state index contributed by atoms with van der Waals surface area (Å²) in [5, 5.41) is 12.7. The van der Waals surface area contributed by atoms with E-state index in [1.807, 2.05) is 0 Å². The summed E-state index contributed by atoms with van der Waals surface area (Å²) in [6.45, 7) is 6.54. The van der Waals surface area contributed by atoms with Gasteiger partial charge >= 0.3 is 0 Å². The molecule has 1 rings (SSSR count). The van der Waals surface area contributed by atoms with Crippen molar-refractivity contribution in [3.8, 4) is 0 Å². The van der Waals surface area contributed by atoms with Crippen molar-refractivity contribution in [3.05, 3.63) is 25.0 Å². The Morgan fingerprint density at radius 1 is 1.61 bits per heavy atom. The van der Waals surface area contributed by atoms with Gasteiger partial charge in [-0.05, 0) is 6.42 Å². The molecule has 0 bridgehead atoms. The molecule has 0 fully saturated rings. The number of hydrogen-bond acceptors (Lipinski definition) is 4. The first kappa shape index (κ1) is 14.9. The summed E-state index contributed by atoms with van der Waals surface area (Å²) in [6, 6.07) is 0. The molecular formula is C11H19N3O3S. The SMILES string of the molecule is C=CCN(CC)S(=O)(=O)c1cnn(CCCO)c1. The Morgan fingerprint density at radius 3 is 2.89 bits per heavy atom. The van der Waals surface area contributed by atoms with Crippen LogP contribution < -0.4 is 0 Å². The maximum atomic E-state index is 12.2. The summed E-state index contributed by atoms with van der Waals surface area (Å²) >= 11 is 0. The van der Waals surface area contributed by atoms with Gasteiger partial charge in [0.2, 0.25) is 10.0 Å². The van der Waals surface area contributed by atoms with Gasteiger partial charge in [0, 0.05) is 32.4 Å². The molecule has 0 aliphatic rings. The van der Waals surface area contributed by atoms with Gasteiger partial charge < -0.3 is 5.11 Å². The van der Waals surface area contributed by atoms with Crippen molar-refractivity contribution in [2.75, 3.05) is 19.7 Å². The molecule has 1 N–H and O–H groups in total. The molecule has 0 aliphatic carbocycles. The number of rotatable bonds is 8. The molecule has 0 spiro atoms. The average Bonchev–Trinajstić information content (AvgIpc) is 2.82. The molecule has 1 aromatic rings. The second kappa shape index (κ2) is 6.67. The fourth-order valence-corrected chi connectivity index (χ4v) is 2.90. The van der Waals surface area contributed by atoms with Gasteiger partial charge in [-0.3, -0.25) is 4.68 Å². The third-order valence-corrected chi connectivity index (χ3v) is 4.37. The lowest BCUT2D eigenvalue weighted by Crippen LogP contribution is -2.30. The molecule has 0 unspecified atom stereocenters. The van der Waals surface area contributed by atoms with E-state index in [-0.39, 0.29) is 18.0 Å². The monoisotopic (exact) mass is 273 g/mol. The van der Waals surface area contributed by atoms with Gasteiger partial charge in [0.1, 0.15) is 4.90 Å². The number of hydrogen-bond donors (Lipinski definition) is 1. The fourth-order valence-electron chi connectivity index (χ4n) is 1.52. The third kappa shape index (κ3) is 3.41. The Labute approximate surface area is 108 Å². The minimum atomic E-state index is -3.50. The number of sulfonamides is 1.